The lowest BCUT2D eigenvalue weighted by molar-refractivity contribution is 0.639. The number of thiophene rings is 1. The number of fused-ring (bicyclic) bond motifs is 1. The topological polar surface area (TPSA) is 25.8 Å². The van der Waals surface area contributed by atoms with Crippen LogP contribution < -0.4 is 0 Å². The number of hydrogen-bond donors (Lipinski definition) is 0. The molecule has 96 valence electrons. The van der Waals surface area contributed by atoms with Crippen molar-refractivity contribution in [1.82, 2.24) is 9.97 Å². The maximum Gasteiger partial charge on any atom is 0.163 e. The zero-order chi connectivity index (χ0) is 13.6. The Labute approximate surface area is 126 Å². The third-order valence-electron chi connectivity index (χ3n) is 2.53. The molecule has 2 aromatic heterocycles. The van der Waals surface area contributed by atoms with Crippen LogP contribution in [0.4, 0.5) is 4.39 Å². The van der Waals surface area contributed by atoms with E-state index in [1.165, 1.54) is 17.4 Å². The van der Waals surface area contributed by atoms with E-state index in [2.05, 4.69) is 9.97 Å². The molecule has 2 heterocycles. The van der Waals surface area contributed by atoms with Crippen molar-refractivity contribution < 1.29 is 4.39 Å². The van der Waals surface area contributed by atoms with E-state index in [1.807, 2.05) is 0 Å². The van der Waals surface area contributed by atoms with Crippen LogP contribution in [0.1, 0.15) is 0 Å². The number of benzene rings is 1. The van der Waals surface area contributed by atoms with Gasteiger partial charge in [-0.3, -0.25) is 0 Å². The lowest BCUT2D eigenvalue weighted by atomic mass is 10.2. The maximum atomic E-state index is 13.7. The molecule has 0 bridgehead atoms. The quantitative estimate of drug-likeness (QED) is 0.553. The highest BCUT2D eigenvalue weighted by molar-refractivity contribution is 7.20. The maximum absolute atomic E-state index is 13.7. The number of halogens is 4. The van der Waals surface area contributed by atoms with E-state index in [1.54, 1.807) is 18.2 Å². The van der Waals surface area contributed by atoms with Crippen molar-refractivity contribution in [3.05, 3.63) is 43.9 Å². The average molecular weight is 334 g/mol. The predicted octanol–water partition coefficient (Wildman–Crippen LogP) is 5.46. The number of rotatable bonds is 1. The van der Waals surface area contributed by atoms with Crippen LogP contribution in [0.15, 0.2) is 24.3 Å². The van der Waals surface area contributed by atoms with Gasteiger partial charge in [0, 0.05) is 0 Å². The molecule has 19 heavy (non-hydrogen) atoms. The van der Waals surface area contributed by atoms with Crippen LogP contribution in [0.5, 0.6) is 0 Å². The molecule has 0 aliphatic rings. The normalized spacial score (nSPS) is 11.2. The average Bonchev–Trinajstić information content (AvgIpc) is 2.68. The number of nitrogens with zero attached hydrogens (tertiary/aromatic N) is 2. The fourth-order valence-corrected chi connectivity index (χ4v) is 3.43. The van der Waals surface area contributed by atoms with Crippen molar-refractivity contribution in [2.75, 3.05) is 0 Å². The zero-order valence-corrected chi connectivity index (χ0v) is 12.2. The highest BCUT2D eigenvalue weighted by Gasteiger charge is 2.15. The van der Waals surface area contributed by atoms with Gasteiger partial charge < -0.3 is 0 Å². The Bertz CT molecular complexity index is 788. The van der Waals surface area contributed by atoms with Crippen molar-refractivity contribution in [1.29, 1.82) is 0 Å². The second-order valence-corrected chi connectivity index (χ2v) is 6.35. The van der Waals surface area contributed by atoms with E-state index in [0.29, 0.717) is 25.6 Å². The molecule has 3 rings (SSSR count). The van der Waals surface area contributed by atoms with Gasteiger partial charge >= 0.3 is 0 Å². The van der Waals surface area contributed by atoms with Crippen molar-refractivity contribution >= 4 is 57.0 Å². The number of aromatic nitrogens is 2. The van der Waals surface area contributed by atoms with Gasteiger partial charge in [0.1, 0.15) is 15.3 Å². The molecular weight excluding hydrogens is 330 g/mol. The van der Waals surface area contributed by atoms with E-state index in [0.717, 1.165) is 0 Å². The van der Waals surface area contributed by atoms with Crippen LogP contribution in [0.25, 0.3) is 22.3 Å². The summed E-state index contributed by atoms with van der Waals surface area (Å²) in [7, 11) is 0. The molecule has 0 saturated heterocycles. The van der Waals surface area contributed by atoms with Crippen LogP contribution in [-0.4, -0.2) is 9.97 Å². The van der Waals surface area contributed by atoms with Gasteiger partial charge in [-0.15, -0.1) is 11.3 Å². The third-order valence-corrected chi connectivity index (χ3v) is 4.29. The van der Waals surface area contributed by atoms with Crippen molar-refractivity contribution in [3.8, 4) is 11.4 Å². The fourth-order valence-electron chi connectivity index (χ4n) is 1.71. The second kappa shape index (κ2) is 4.87. The molecule has 0 aliphatic heterocycles. The lowest BCUT2D eigenvalue weighted by Gasteiger charge is -2.04. The Kier molecular flexibility index (Phi) is 3.35. The van der Waals surface area contributed by atoms with E-state index >= 15 is 0 Å². The highest BCUT2D eigenvalue weighted by atomic mass is 35.5. The molecule has 0 spiro atoms. The molecule has 2 nitrogen and oxygen atoms in total. The van der Waals surface area contributed by atoms with Gasteiger partial charge in [-0.2, -0.15) is 0 Å². The van der Waals surface area contributed by atoms with E-state index < -0.39 is 5.82 Å². The zero-order valence-electron chi connectivity index (χ0n) is 9.12. The first-order valence-electron chi connectivity index (χ1n) is 5.13. The summed E-state index contributed by atoms with van der Waals surface area (Å²) in [6, 6.07) is 6.20. The first-order chi connectivity index (χ1) is 9.06. The first-order valence-corrected chi connectivity index (χ1v) is 7.08. The van der Waals surface area contributed by atoms with Crippen LogP contribution in [0.2, 0.25) is 13.8 Å². The van der Waals surface area contributed by atoms with E-state index in [4.69, 9.17) is 34.8 Å². The van der Waals surface area contributed by atoms with Gasteiger partial charge in [-0.05, 0) is 18.2 Å². The molecule has 0 atom stereocenters. The Morgan fingerprint density at radius 3 is 2.58 bits per heavy atom. The van der Waals surface area contributed by atoms with Gasteiger partial charge in [0.05, 0.1) is 20.8 Å². The van der Waals surface area contributed by atoms with Gasteiger partial charge in [-0.25, -0.2) is 14.4 Å². The molecule has 0 amide bonds. The Balaban J connectivity index is 2.30. The summed E-state index contributed by atoms with van der Waals surface area (Å²) in [4.78, 5) is 8.35. The Morgan fingerprint density at radius 2 is 1.89 bits per heavy atom. The second-order valence-electron chi connectivity index (χ2n) is 3.71. The summed E-state index contributed by atoms with van der Waals surface area (Å²) in [5.74, 6) is -0.125. The summed E-state index contributed by atoms with van der Waals surface area (Å²) >= 11 is 19.2. The first kappa shape index (κ1) is 13.1. The lowest BCUT2D eigenvalue weighted by Crippen LogP contribution is -1.93. The minimum Gasteiger partial charge on any atom is -0.228 e. The predicted molar refractivity (Wildman–Crippen MR) is 77.8 cm³/mol. The van der Waals surface area contributed by atoms with E-state index in [-0.39, 0.29) is 10.5 Å². The molecule has 1 aromatic carbocycles. The molecule has 0 saturated carbocycles. The fraction of sp³-hybridized carbons (Fsp3) is 0. The van der Waals surface area contributed by atoms with Gasteiger partial charge in [0.25, 0.3) is 0 Å². The molecule has 0 radical (unpaired) electrons. The standard InChI is InChI=1S/C12H4Cl3FN2S/c13-8-4-5(11(15)19-8)12-17-7-3-1-2-6(16)9(7)10(14)18-12/h1-4H. The molecule has 0 fully saturated rings. The minimum atomic E-state index is -0.455. The van der Waals surface area contributed by atoms with Crippen LogP contribution >= 0.6 is 46.1 Å². The largest absolute Gasteiger partial charge is 0.228 e. The number of hydrogen-bond acceptors (Lipinski definition) is 3. The SMILES string of the molecule is Fc1cccc2nc(-c3cc(Cl)sc3Cl)nc(Cl)c12. The van der Waals surface area contributed by atoms with Gasteiger partial charge in [0.2, 0.25) is 0 Å². The molecule has 7 heteroatoms. The summed E-state index contributed by atoms with van der Waals surface area (Å²) < 4.78 is 14.7. The summed E-state index contributed by atoms with van der Waals surface area (Å²) in [6.07, 6.45) is 0. The highest BCUT2D eigenvalue weighted by Crippen LogP contribution is 2.38. The molecule has 3 aromatic rings. The smallest absolute Gasteiger partial charge is 0.163 e. The van der Waals surface area contributed by atoms with Crippen LogP contribution in [0, 0.1) is 5.82 Å². The van der Waals surface area contributed by atoms with E-state index in [9.17, 15) is 4.39 Å². The summed E-state index contributed by atoms with van der Waals surface area (Å²) in [5, 5.41) is 0.252. The van der Waals surface area contributed by atoms with Crippen LogP contribution in [-0.2, 0) is 0 Å². The minimum absolute atomic E-state index is 0.0523. The molecule has 0 unspecified atom stereocenters. The monoisotopic (exact) mass is 332 g/mol. The van der Waals surface area contributed by atoms with Gasteiger partial charge in [-0.1, -0.05) is 40.9 Å². The summed E-state index contributed by atoms with van der Waals surface area (Å²) in [5.41, 5.74) is 1.01. The van der Waals surface area contributed by atoms with Crippen molar-refractivity contribution in [2.24, 2.45) is 0 Å². The summed E-state index contributed by atoms with van der Waals surface area (Å²) in [6.45, 7) is 0. The van der Waals surface area contributed by atoms with Crippen molar-refractivity contribution in [3.63, 3.8) is 0 Å². The van der Waals surface area contributed by atoms with Crippen LogP contribution in [0.3, 0.4) is 0 Å². The molecule has 0 aliphatic carbocycles. The Hall–Kier alpha value is -0.940. The molecular formula is C12H4Cl3FN2S. The molecule has 0 N–H and O–H groups in total. The van der Waals surface area contributed by atoms with Gasteiger partial charge in [0.15, 0.2) is 5.82 Å². The van der Waals surface area contributed by atoms with Crippen molar-refractivity contribution in [2.45, 2.75) is 0 Å². The Morgan fingerprint density at radius 1 is 1.11 bits per heavy atom. The third kappa shape index (κ3) is 2.30.